The van der Waals surface area contributed by atoms with Crippen molar-refractivity contribution in [2.24, 2.45) is 0 Å². The number of aliphatic hydroxyl groups excluding tert-OH is 1. The van der Waals surface area contributed by atoms with Crippen LogP contribution in [0.5, 0.6) is 0 Å². The predicted octanol–water partition coefficient (Wildman–Crippen LogP) is 3.11. The Bertz CT molecular complexity index is 283. The van der Waals surface area contributed by atoms with Gasteiger partial charge in [-0.05, 0) is 12.8 Å². The first-order chi connectivity index (χ1) is 7.84. The summed E-state index contributed by atoms with van der Waals surface area (Å²) in [4.78, 5) is 5.22. The Hall–Kier alpha value is -0.0600. The lowest BCUT2D eigenvalue weighted by Gasteiger charge is -2.22. The number of hydrogen-bond acceptors (Lipinski definition) is 4. The molecule has 0 aliphatic heterocycles. The summed E-state index contributed by atoms with van der Waals surface area (Å²) in [5, 5.41) is 10.7. The first-order valence-corrected chi connectivity index (χ1v) is 7.94. The van der Waals surface area contributed by atoms with Crippen LogP contribution in [-0.2, 0) is 6.42 Å². The first kappa shape index (κ1) is 12.4. The Morgan fingerprint density at radius 2 is 2.25 bits per heavy atom. The van der Waals surface area contributed by atoms with Gasteiger partial charge in [0.1, 0.15) is 0 Å². The van der Waals surface area contributed by atoms with Crippen molar-refractivity contribution in [3.05, 3.63) is 16.6 Å². The zero-order valence-corrected chi connectivity index (χ0v) is 11.1. The molecule has 2 nitrogen and oxygen atoms in total. The maximum atomic E-state index is 9.91. The molecular weight excluding hydrogens is 238 g/mol. The third kappa shape index (κ3) is 4.07. The Morgan fingerprint density at radius 3 is 2.94 bits per heavy atom. The van der Waals surface area contributed by atoms with Gasteiger partial charge < -0.3 is 5.11 Å². The monoisotopic (exact) mass is 257 g/mol. The predicted molar refractivity (Wildman–Crippen MR) is 71.2 cm³/mol. The lowest BCUT2D eigenvalue weighted by molar-refractivity contribution is 0.201. The van der Waals surface area contributed by atoms with E-state index in [1.165, 1.54) is 37.0 Å². The van der Waals surface area contributed by atoms with Crippen LogP contribution < -0.4 is 0 Å². The van der Waals surface area contributed by atoms with Crippen molar-refractivity contribution >= 4 is 23.1 Å². The van der Waals surface area contributed by atoms with Gasteiger partial charge in [0.25, 0.3) is 0 Å². The lowest BCUT2D eigenvalue weighted by atomic mass is 10.0. The Balaban J connectivity index is 1.65. The van der Waals surface area contributed by atoms with Crippen LogP contribution in [0.1, 0.15) is 37.0 Å². The molecule has 1 unspecified atom stereocenters. The normalized spacial score (nSPS) is 19.8. The van der Waals surface area contributed by atoms with E-state index in [1.54, 1.807) is 11.3 Å². The number of hydrogen-bond donors (Lipinski definition) is 1. The highest BCUT2D eigenvalue weighted by Gasteiger charge is 2.16. The van der Waals surface area contributed by atoms with Gasteiger partial charge >= 0.3 is 0 Å². The fourth-order valence-electron chi connectivity index (χ4n) is 2.11. The smallest absolute Gasteiger partial charge is 0.0794 e. The topological polar surface area (TPSA) is 33.1 Å². The number of thiazole rings is 1. The molecule has 0 aromatic carbocycles. The molecule has 1 saturated carbocycles. The van der Waals surface area contributed by atoms with Crippen molar-refractivity contribution in [1.82, 2.24) is 4.98 Å². The third-order valence-corrected chi connectivity index (χ3v) is 5.32. The first-order valence-electron chi connectivity index (χ1n) is 6.01. The minimum Gasteiger partial charge on any atom is -0.392 e. The zero-order valence-electron chi connectivity index (χ0n) is 9.47. The molecule has 1 heterocycles. The van der Waals surface area contributed by atoms with E-state index in [1.807, 2.05) is 23.5 Å². The number of aromatic nitrogens is 1. The van der Waals surface area contributed by atoms with Crippen molar-refractivity contribution in [2.45, 2.75) is 49.9 Å². The summed E-state index contributed by atoms with van der Waals surface area (Å²) in [7, 11) is 0. The van der Waals surface area contributed by atoms with Crippen molar-refractivity contribution in [3.8, 4) is 0 Å². The van der Waals surface area contributed by atoms with Gasteiger partial charge in [0, 0.05) is 28.5 Å². The van der Waals surface area contributed by atoms with Gasteiger partial charge in [0.05, 0.1) is 11.6 Å². The number of aliphatic hydroxyl groups is 1. The van der Waals surface area contributed by atoms with E-state index in [9.17, 15) is 5.11 Å². The van der Waals surface area contributed by atoms with Crippen LogP contribution in [0.15, 0.2) is 11.7 Å². The maximum Gasteiger partial charge on any atom is 0.0794 e. The summed E-state index contributed by atoms with van der Waals surface area (Å²) in [6, 6.07) is 0. The zero-order chi connectivity index (χ0) is 11.2. The molecule has 1 N–H and O–H groups in total. The highest BCUT2D eigenvalue weighted by atomic mass is 32.2. The summed E-state index contributed by atoms with van der Waals surface area (Å²) < 4.78 is 0. The molecule has 1 aliphatic carbocycles. The molecular formula is C12H19NOS2. The van der Waals surface area contributed by atoms with Crippen molar-refractivity contribution in [3.63, 3.8) is 0 Å². The summed E-state index contributed by atoms with van der Waals surface area (Å²) in [6.45, 7) is 0. The highest BCUT2D eigenvalue weighted by molar-refractivity contribution is 7.99. The Kier molecular flexibility index (Phi) is 5.13. The van der Waals surface area contributed by atoms with Gasteiger partial charge in [-0.3, -0.25) is 4.98 Å². The van der Waals surface area contributed by atoms with Crippen LogP contribution in [0, 0.1) is 0 Å². The van der Waals surface area contributed by atoms with Crippen LogP contribution in [0.4, 0.5) is 0 Å². The van der Waals surface area contributed by atoms with Gasteiger partial charge in [-0.1, -0.05) is 19.3 Å². The minimum absolute atomic E-state index is 0.202. The van der Waals surface area contributed by atoms with Crippen LogP contribution >= 0.6 is 23.1 Å². The average molecular weight is 257 g/mol. The van der Waals surface area contributed by atoms with Crippen LogP contribution in [0.3, 0.4) is 0 Å². The second kappa shape index (κ2) is 6.62. The summed E-state index contributed by atoms with van der Waals surface area (Å²) in [5.41, 5.74) is 1.83. The van der Waals surface area contributed by atoms with Crippen LogP contribution in [0.25, 0.3) is 0 Å². The average Bonchev–Trinajstić information content (AvgIpc) is 2.81. The standard InChI is InChI=1S/C12H19NOS2/c14-10(6-12-7-13-9-16-12)8-15-11-4-2-1-3-5-11/h7,9-11,14H,1-6,8H2. The van der Waals surface area contributed by atoms with E-state index in [-0.39, 0.29) is 6.10 Å². The Morgan fingerprint density at radius 1 is 1.44 bits per heavy atom. The number of rotatable bonds is 5. The van der Waals surface area contributed by atoms with E-state index < -0.39 is 0 Å². The van der Waals surface area contributed by atoms with Gasteiger partial charge in [-0.15, -0.1) is 11.3 Å². The molecule has 1 atom stereocenters. The van der Waals surface area contributed by atoms with Gasteiger partial charge in [0.15, 0.2) is 0 Å². The molecule has 1 fully saturated rings. The molecule has 1 aliphatic rings. The van der Waals surface area contributed by atoms with Crippen molar-refractivity contribution in [1.29, 1.82) is 0 Å². The van der Waals surface area contributed by atoms with Crippen LogP contribution in [0.2, 0.25) is 0 Å². The second-order valence-corrected chi connectivity index (χ2v) is 6.72. The van der Waals surface area contributed by atoms with E-state index >= 15 is 0 Å². The van der Waals surface area contributed by atoms with Gasteiger partial charge in [-0.2, -0.15) is 11.8 Å². The summed E-state index contributed by atoms with van der Waals surface area (Å²) in [6.07, 6.45) is 9.28. The highest BCUT2D eigenvalue weighted by Crippen LogP contribution is 2.28. The van der Waals surface area contributed by atoms with E-state index in [2.05, 4.69) is 4.98 Å². The van der Waals surface area contributed by atoms with Crippen LogP contribution in [-0.4, -0.2) is 27.2 Å². The SMILES string of the molecule is OC(CSC1CCCCC1)Cc1cncs1. The largest absolute Gasteiger partial charge is 0.392 e. The molecule has 1 aromatic heterocycles. The fourth-order valence-corrected chi connectivity index (χ4v) is 4.06. The molecule has 0 amide bonds. The van der Waals surface area contributed by atoms with Gasteiger partial charge in [0.2, 0.25) is 0 Å². The fraction of sp³-hybridized carbons (Fsp3) is 0.750. The van der Waals surface area contributed by atoms with Crippen molar-refractivity contribution in [2.75, 3.05) is 5.75 Å². The molecule has 0 saturated heterocycles. The van der Waals surface area contributed by atoms with Crippen molar-refractivity contribution < 1.29 is 5.11 Å². The number of nitrogens with zero attached hydrogens (tertiary/aromatic N) is 1. The molecule has 16 heavy (non-hydrogen) atoms. The quantitative estimate of drug-likeness (QED) is 0.880. The van der Waals surface area contributed by atoms with E-state index in [0.717, 1.165) is 17.4 Å². The molecule has 0 spiro atoms. The second-order valence-electron chi connectivity index (χ2n) is 4.42. The number of thioether (sulfide) groups is 1. The van der Waals surface area contributed by atoms with Gasteiger partial charge in [-0.25, -0.2) is 0 Å². The molecule has 0 bridgehead atoms. The van der Waals surface area contributed by atoms with E-state index in [4.69, 9.17) is 0 Å². The molecule has 4 heteroatoms. The lowest BCUT2D eigenvalue weighted by Crippen LogP contribution is -2.17. The summed E-state index contributed by atoms with van der Waals surface area (Å²) >= 11 is 3.59. The minimum atomic E-state index is -0.202. The van der Waals surface area contributed by atoms with E-state index in [0.29, 0.717) is 0 Å². The third-order valence-electron chi connectivity index (χ3n) is 3.00. The maximum absolute atomic E-state index is 9.91. The molecule has 0 radical (unpaired) electrons. The summed E-state index contributed by atoms with van der Waals surface area (Å²) in [5.74, 6) is 0.878. The molecule has 90 valence electrons. The molecule has 2 rings (SSSR count). The Labute approximate surface area is 105 Å². The molecule has 1 aromatic rings.